The second kappa shape index (κ2) is 6.35. The van der Waals surface area contributed by atoms with Gasteiger partial charge in [0.05, 0.1) is 0 Å². The molecule has 1 aliphatic heterocycles. The van der Waals surface area contributed by atoms with E-state index in [1.54, 1.807) is 17.0 Å². The number of alkyl halides is 3. The first-order valence-electron chi connectivity index (χ1n) is 7.27. The average Bonchev–Trinajstić information content (AvgIpc) is 2.54. The van der Waals surface area contributed by atoms with E-state index in [2.05, 4.69) is 14.9 Å². The predicted octanol–water partition coefficient (Wildman–Crippen LogP) is 2.77. The number of rotatable bonds is 2. The van der Waals surface area contributed by atoms with Crippen LogP contribution in [0.15, 0.2) is 35.1 Å². The molecule has 0 saturated carbocycles. The minimum Gasteiger partial charge on any atom is -0.368 e. The van der Waals surface area contributed by atoms with E-state index in [4.69, 9.17) is 11.6 Å². The van der Waals surface area contributed by atoms with E-state index in [1.165, 1.54) is 0 Å². The topological polar surface area (TPSA) is 52.2 Å². The lowest BCUT2D eigenvalue weighted by Gasteiger charge is -2.36. The van der Waals surface area contributed by atoms with E-state index < -0.39 is 17.4 Å². The van der Waals surface area contributed by atoms with Crippen LogP contribution in [0, 0.1) is 0 Å². The summed E-state index contributed by atoms with van der Waals surface area (Å²) in [5.41, 5.74) is -1.00. The number of aromatic nitrogens is 2. The quantitative estimate of drug-likeness (QED) is 0.897. The van der Waals surface area contributed by atoms with Gasteiger partial charge in [0, 0.05) is 43.0 Å². The minimum atomic E-state index is -4.64. The van der Waals surface area contributed by atoms with Crippen molar-refractivity contribution in [2.24, 2.45) is 0 Å². The van der Waals surface area contributed by atoms with Crippen LogP contribution in [0.4, 0.5) is 24.8 Å². The number of aromatic amines is 1. The van der Waals surface area contributed by atoms with Crippen molar-refractivity contribution >= 4 is 23.2 Å². The largest absolute Gasteiger partial charge is 0.433 e. The summed E-state index contributed by atoms with van der Waals surface area (Å²) in [6.07, 6.45) is -4.64. The summed E-state index contributed by atoms with van der Waals surface area (Å²) in [6.45, 7) is 2.10. The van der Waals surface area contributed by atoms with Crippen LogP contribution in [0.5, 0.6) is 0 Å². The number of nitrogens with zero attached hydrogens (tertiary/aromatic N) is 3. The van der Waals surface area contributed by atoms with Gasteiger partial charge in [-0.2, -0.15) is 13.2 Å². The van der Waals surface area contributed by atoms with E-state index in [9.17, 15) is 18.0 Å². The fraction of sp³-hybridized carbons (Fsp3) is 0.333. The predicted molar refractivity (Wildman–Crippen MR) is 85.7 cm³/mol. The summed E-state index contributed by atoms with van der Waals surface area (Å²) < 4.78 is 38.3. The standard InChI is InChI=1S/C15H14ClF3N4O/c16-10-1-3-11(4-2-10)22-5-7-23(8-6-22)14-20-12(15(17,18)19)9-13(24)21-14/h1-4,9H,5-8H2,(H,20,21,24). The Balaban J connectivity index is 1.74. The Morgan fingerprint density at radius 3 is 2.21 bits per heavy atom. The van der Waals surface area contributed by atoms with Crippen LogP contribution in [0.25, 0.3) is 0 Å². The highest BCUT2D eigenvalue weighted by Crippen LogP contribution is 2.27. The minimum absolute atomic E-state index is 0.0504. The molecule has 0 radical (unpaired) electrons. The van der Waals surface area contributed by atoms with Crippen LogP contribution in [0.1, 0.15) is 5.69 Å². The molecule has 2 aromatic rings. The van der Waals surface area contributed by atoms with Crippen molar-refractivity contribution in [3.8, 4) is 0 Å². The first-order chi connectivity index (χ1) is 11.3. The third-order valence-corrected chi connectivity index (χ3v) is 4.04. The van der Waals surface area contributed by atoms with E-state index in [0.29, 0.717) is 37.3 Å². The van der Waals surface area contributed by atoms with Crippen LogP contribution in [-0.4, -0.2) is 36.1 Å². The van der Waals surface area contributed by atoms with Crippen molar-refractivity contribution in [3.63, 3.8) is 0 Å². The molecule has 1 fully saturated rings. The summed E-state index contributed by atoms with van der Waals surface area (Å²) in [6, 6.07) is 7.82. The third-order valence-electron chi connectivity index (χ3n) is 3.79. The molecular formula is C15H14ClF3N4O. The molecular weight excluding hydrogens is 345 g/mol. The molecule has 5 nitrogen and oxygen atoms in total. The fourth-order valence-electron chi connectivity index (χ4n) is 2.57. The average molecular weight is 359 g/mol. The first kappa shape index (κ1) is 16.6. The molecule has 1 aliphatic rings. The molecule has 128 valence electrons. The van der Waals surface area contributed by atoms with Gasteiger partial charge in [-0.15, -0.1) is 0 Å². The summed E-state index contributed by atoms with van der Waals surface area (Å²) in [7, 11) is 0. The highest BCUT2D eigenvalue weighted by molar-refractivity contribution is 6.30. The Morgan fingerprint density at radius 2 is 1.62 bits per heavy atom. The number of hydrogen-bond donors (Lipinski definition) is 1. The fourth-order valence-corrected chi connectivity index (χ4v) is 2.69. The molecule has 3 rings (SSSR count). The second-order valence-electron chi connectivity index (χ2n) is 5.40. The lowest BCUT2D eigenvalue weighted by molar-refractivity contribution is -0.141. The van der Waals surface area contributed by atoms with Gasteiger partial charge in [0.1, 0.15) is 0 Å². The molecule has 0 aliphatic carbocycles. The summed E-state index contributed by atoms with van der Waals surface area (Å²) in [5.74, 6) is -0.0504. The molecule has 0 bridgehead atoms. The molecule has 2 heterocycles. The SMILES string of the molecule is O=c1cc(C(F)(F)F)nc(N2CCN(c3ccc(Cl)cc3)CC2)[nH]1. The van der Waals surface area contributed by atoms with Gasteiger partial charge < -0.3 is 9.80 Å². The molecule has 1 aromatic carbocycles. The zero-order valence-corrected chi connectivity index (χ0v) is 13.2. The van der Waals surface area contributed by atoms with Gasteiger partial charge in [-0.3, -0.25) is 9.78 Å². The van der Waals surface area contributed by atoms with E-state index in [1.807, 2.05) is 12.1 Å². The van der Waals surface area contributed by atoms with Crippen LogP contribution in [0.3, 0.4) is 0 Å². The molecule has 1 saturated heterocycles. The molecule has 0 amide bonds. The Labute approximate surface area is 140 Å². The Morgan fingerprint density at radius 1 is 1.04 bits per heavy atom. The van der Waals surface area contributed by atoms with Crippen LogP contribution < -0.4 is 15.4 Å². The Kier molecular flexibility index (Phi) is 4.40. The molecule has 9 heteroatoms. The summed E-state index contributed by atoms with van der Waals surface area (Å²) in [5, 5.41) is 0.642. The van der Waals surface area contributed by atoms with Crippen molar-refractivity contribution in [1.29, 1.82) is 0 Å². The highest BCUT2D eigenvalue weighted by atomic mass is 35.5. The van der Waals surface area contributed by atoms with Crippen LogP contribution in [-0.2, 0) is 6.18 Å². The molecule has 24 heavy (non-hydrogen) atoms. The monoisotopic (exact) mass is 358 g/mol. The van der Waals surface area contributed by atoms with Crippen molar-refractivity contribution in [1.82, 2.24) is 9.97 Å². The number of halogens is 4. The van der Waals surface area contributed by atoms with E-state index in [0.717, 1.165) is 5.69 Å². The number of H-pyrrole nitrogens is 1. The van der Waals surface area contributed by atoms with Gasteiger partial charge in [-0.25, -0.2) is 4.98 Å². The first-order valence-corrected chi connectivity index (χ1v) is 7.65. The molecule has 0 atom stereocenters. The Bertz CT molecular complexity index is 768. The molecule has 0 unspecified atom stereocenters. The van der Waals surface area contributed by atoms with Crippen molar-refractivity contribution in [2.75, 3.05) is 36.0 Å². The lowest BCUT2D eigenvalue weighted by atomic mass is 10.2. The van der Waals surface area contributed by atoms with Crippen LogP contribution in [0.2, 0.25) is 5.02 Å². The summed E-state index contributed by atoms with van der Waals surface area (Å²) >= 11 is 5.86. The zero-order valence-electron chi connectivity index (χ0n) is 12.5. The van der Waals surface area contributed by atoms with Gasteiger partial charge in [0.2, 0.25) is 5.95 Å². The summed E-state index contributed by atoms with van der Waals surface area (Å²) in [4.78, 5) is 21.1. The maximum Gasteiger partial charge on any atom is 0.433 e. The van der Waals surface area contributed by atoms with Crippen LogP contribution >= 0.6 is 11.6 Å². The van der Waals surface area contributed by atoms with E-state index in [-0.39, 0.29) is 5.95 Å². The van der Waals surface area contributed by atoms with Gasteiger partial charge in [-0.1, -0.05) is 11.6 Å². The van der Waals surface area contributed by atoms with Crippen molar-refractivity contribution < 1.29 is 13.2 Å². The Hall–Kier alpha value is -2.22. The highest BCUT2D eigenvalue weighted by Gasteiger charge is 2.34. The van der Waals surface area contributed by atoms with E-state index >= 15 is 0 Å². The molecule has 0 spiro atoms. The smallest absolute Gasteiger partial charge is 0.368 e. The third kappa shape index (κ3) is 3.64. The van der Waals surface area contributed by atoms with Gasteiger partial charge >= 0.3 is 6.18 Å². The number of piperazine rings is 1. The van der Waals surface area contributed by atoms with Crippen molar-refractivity contribution in [3.05, 3.63) is 51.4 Å². The number of anilines is 2. The molecule has 1 aromatic heterocycles. The van der Waals surface area contributed by atoms with Gasteiger partial charge in [0.25, 0.3) is 5.56 Å². The molecule has 1 N–H and O–H groups in total. The maximum atomic E-state index is 12.8. The zero-order chi connectivity index (χ0) is 17.3. The normalized spacial score (nSPS) is 15.7. The van der Waals surface area contributed by atoms with Gasteiger partial charge in [-0.05, 0) is 24.3 Å². The second-order valence-corrected chi connectivity index (χ2v) is 5.84. The number of benzene rings is 1. The lowest BCUT2D eigenvalue weighted by Crippen LogP contribution is -2.47. The number of nitrogens with one attached hydrogen (secondary N) is 1. The number of hydrogen-bond acceptors (Lipinski definition) is 4. The maximum absolute atomic E-state index is 12.8. The van der Waals surface area contributed by atoms with Gasteiger partial charge in [0.15, 0.2) is 5.69 Å². The van der Waals surface area contributed by atoms with Crippen molar-refractivity contribution in [2.45, 2.75) is 6.18 Å².